The Bertz CT molecular complexity index is 381. The van der Waals surface area contributed by atoms with Gasteiger partial charge in [0.2, 0.25) is 0 Å². The van der Waals surface area contributed by atoms with Gasteiger partial charge in [0.05, 0.1) is 17.3 Å². The zero-order chi connectivity index (χ0) is 11.1. The standard InChI is InChI=1S/C11H13BrFNO/c1-11(15)5-4-10(11)14-9-3-2-7(12)6-8(9)13/h2-3,6,10,14-15H,4-5H2,1H3/t10-,11-/m0/s1. The van der Waals surface area contributed by atoms with Crippen LogP contribution in [-0.2, 0) is 0 Å². The number of nitrogens with one attached hydrogen (secondary N) is 1. The molecule has 2 nitrogen and oxygen atoms in total. The number of anilines is 1. The van der Waals surface area contributed by atoms with Crippen LogP contribution in [0.25, 0.3) is 0 Å². The molecule has 0 saturated heterocycles. The molecule has 1 aliphatic carbocycles. The van der Waals surface area contributed by atoms with E-state index in [1.165, 1.54) is 6.07 Å². The molecule has 1 aliphatic rings. The molecule has 0 amide bonds. The summed E-state index contributed by atoms with van der Waals surface area (Å²) in [5.74, 6) is -0.299. The lowest BCUT2D eigenvalue weighted by atomic mass is 9.76. The minimum absolute atomic E-state index is 0.0480. The number of benzene rings is 1. The van der Waals surface area contributed by atoms with Crippen LogP contribution in [0.3, 0.4) is 0 Å². The lowest BCUT2D eigenvalue weighted by Crippen LogP contribution is -2.53. The van der Waals surface area contributed by atoms with Gasteiger partial charge in [-0.15, -0.1) is 0 Å². The Kier molecular flexibility index (Phi) is 2.73. The predicted octanol–water partition coefficient (Wildman–Crippen LogP) is 2.91. The molecule has 82 valence electrons. The van der Waals surface area contributed by atoms with Gasteiger partial charge in [0.1, 0.15) is 5.82 Å². The number of aliphatic hydroxyl groups is 1. The van der Waals surface area contributed by atoms with Gasteiger partial charge in [-0.2, -0.15) is 0 Å². The Hall–Kier alpha value is -0.610. The smallest absolute Gasteiger partial charge is 0.147 e. The molecule has 0 bridgehead atoms. The molecule has 2 rings (SSSR count). The van der Waals surface area contributed by atoms with Crippen LogP contribution in [0.4, 0.5) is 10.1 Å². The Labute approximate surface area is 96.6 Å². The van der Waals surface area contributed by atoms with Crippen LogP contribution in [0, 0.1) is 5.82 Å². The number of rotatable bonds is 2. The average Bonchev–Trinajstić information content (AvgIpc) is 2.15. The molecule has 0 aromatic heterocycles. The summed E-state index contributed by atoms with van der Waals surface area (Å²) in [6.07, 6.45) is 1.64. The van der Waals surface area contributed by atoms with Gasteiger partial charge in [-0.1, -0.05) is 15.9 Å². The van der Waals surface area contributed by atoms with Crippen molar-refractivity contribution in [1.29, 1.82) is 0 Å². The van der Waals surface area contributed by atoms with E-state index in [1.807, 2.05) is 0 Å². The molecular weight excluding hydrogens is 261 g/mol. The maximum atomic E-state index is 13.4. The third kappa shape index (κ3) is 2.16. The lowest BCUT2D eigenvalue weighted by molar-refractivity contribution is -0.0286. The second-order valence-corrected chi connectivity index (χ2v) is 5.13. The van der Waals surface area contributed by atoms with E-state index in [-0.39, 0.29) is 11.9 Å². The van der Waals surface area contributed by atoms with Gasteiger partial charge < -0.3 is 10.4 Å². The van der Waals surface area contributed by atoms with Crippen molar-refractivity contribution in [2.75, 3.05) is 5.32 Å². The Morgan fingerprint density at radius 3 is 2.80 bits per heavy atom. The third-order valence-electron chi connectivity index (χ3n) is 2.95. The first kappa shape index (κ1) is 10.9. The summed E-state index contributed by atoms with van der Waals surface area (Å²) in [5, 5.41) is 12.8. The van der Waals surface area contributed by atoms with Gasteiger partial charge in [0.15, 0.2) is 0 Å². The van der Waals surface area contributed by atoms with Crippen molar-refractivity contribution in [3.05, 3.63) is 28.5 Å². The molecule has 1 aromatic rings. The van der Waals surface area contributed by atoms with Crippen molar-refractivity contribution >= 4 is 21.6 Å². The molecule has 2 N–H and O–H groups in total. The zero-order valence-corrected chi connectivity index (χ0v) is 10.0. The van der Waals surface area contributed by atoms with Gasteiger partial charge in [-0.3, -0.25) is 0 Å². The number of hydrogen-bond donors (Lipinski definition) is 2. The van der Waals surface area contributed by atoms with Crippen LogP contribution in [0.15, 0.2) is 22.7 Å². The minimum Gasteiger partial charge on any atom is -0.388 e. The molecule has 15 heavy (non-hydrogen) atoms. The molecule has 0 heterocycles. The van der Waals surface area contributed by atoms with Gasteiger partial charge in [0.25, 0.3) is 0 Å². The van der Waals surface area contributed by atoms with Crippen molar-refractivity contribution in [3.63, 3.8) is 0 Å². The highest BCUT2D eigenvalue weighted by molar-refractivity contribution is 9.10. The Morgan fingerprint density at radius 2 is 2.33 bits per heavy atom. The quantitative estimate of drug-likeness (QED) is 0.869. The zero-order valence-electron chi connectivity index (χ0n) is 8.43. The van der Waals surface area contributed by atoms with Crippen molar-refractivity contribution in [3.8, 4) is 0 Å². The Balaban J connectivity index is 2.11. The molecule has 2 atom stereocenters. The van der Waals surface area contributed by atoms with Gasteiger partial charge in [-0.05, 0) is 38.0 Å². The van der Waals surface area contributed by atoms with Crippen LogP contribution in [0.5, 0.6) is 0 Å². The predicted molar refractivity (Wildman–Crippen MR) is 61.4 cm³/mol. The summed E-state index contributed by atoms with van der Waals surface area (Å²) >= 11 is 3.20. The van der Waals surface area contributed by atoms with Gasteiger partial charge in [0, 0.05) is 4.47 Å². The maximum absolute atomic E-state index is 13.4. The summed E-state index contributed by atoms with van der Waals surface area (Å²) < 4.78 is 14.2. The van der Waals surface area contributed by atoms with E-state index in [0.29, 0.717) is 10.2 Å². The summed E-state index contributed by atoms with van der Waals surface area (Å²) in [4.78, 5) is 0. The molecule has 1 saturated carbocycles. The van der Waals surface area contributed by atoms with Crippen molar-refractivity contribution in [2.45, 2.75) is 31.4 Å². The van der Waals surface area contributed by atoms with E-state index in [0.717, 1.165) is 12.8 Å². The molecule has 0 radical (unpaired) electrons. The number of hydrogen-bond acceptors (Lipinski definition) is 2. The minimum atomic E-state index is -0.709. The van der Waals surface area contributed by atoms with Crippen molar-refractivity contribution in [2.24, 2.45) is 0 Å². The van der Waals surface area contributed by atoms with E-state index in [9.17, 15) is 9.50 Å². The largest absolute Gasteiger partial charge is 0.388 e. The lowest BCUT2D eigenvalue weighted by Gasteiger charge is -2.43. The van der Waals surface area contributed by atoms with Gasteiger partial charge >= 0.3 is 0 Å². The maximum Gasteiger partial charge on any atom is 0.147 e. The first-order valence-corrected chi connectivity index (χ1v) is 5.72. The molecule has 0 unspecified atom stereocenters. The molecule has 1 aromatic carbocycles. The Morgan fingerprint density at radius 1 is 1.60 bits per heavy atom. The molecular formula is C11H13BrFNO. The second-order valence-electron chi connectivity index (χ2n) is 4.22. The fourth-order valence-corrected chi connectivity index (χ4v) is 2.06. The summed E-state index contributed by atoms with van der Waals surface area (Å²) in [6.45, 7) is 1.77. The highest BCUT2D eigenvalue weighted by Gasteiger charge is 2.41. The average molecular weight is 274 g/mol. The van der Waals surface area contributed by atoms with Crippen molar-refractivity contribution in [1.82, 2.24) is 0 Å². The summed E-state index contributed by atoms with van der Waals surface area (Å²) in [7, 11) is 0. The van der Waals surface area contributed by atoms with E-state index in [1.54, 1.807) is 19.1 Å². The molecule has 0 aliphatic heterocycles. The summed E-state index contributed by atoms with van der Waals surface area (Å²) in [6, 6.07) is 4.82. The first-order chi connectivity index (χ1) is 6.99. The topological polar surface area (TPSA) is 32.3 Å². The number of halogens is 2. The van der Waals surface area contributed by atoms with E-state index >= 15 is 0 Å². The highest BCUT2D eigenvalue weighted by atomic mass is 79.9. The van der Waals surface area contributed by atoms with E-state index in [2.05, 4.69) is 21.2 Å². The fraction of sp³-hybridized carbons (Fsp3) is 0.455. The van der Waals surface area contributed by atoms with Crippen LogP contribution >= 0.6 is 15.9 Å². The monoisotopic (exact) mass is 273 g/mol. The van der Waals surface area contributed by atoms with E-state index < -0.39 is 5.60 Å². The SMILES string of the molecule is C[C@]1(O)CC[C@@H]1Nc1ccc(Br)cc1F. The summed E-state index contributed by atoms with van der Waals surface area (Å²) in [5.41, 5.74) is -0.261. The van der Waals surface area contributed by atoms with Crippen LogP contribution in [-0.4, -0.2) is 16.7 Å². The molecule has 1 fully saturated rings. The van der Waals surface area contributed by atoms with Gasteiger partial charge in [-0.25, -0.2) is 4.39 Å². The van der Waals surface area contributed by atoms with E-state index in [4.69, 9.17) is 0 Å². The fourth-order valence-electron chi connectivity index (χ4n) is 1.73. The van der Waals surface area contributed by atoms with Crippen LogP contribution in [0.2, 0.25) is 0 Å². The third-order valence-corrected chi connectivity index (χ3v) is 3.44. The highest BCUT2D eigenvalue weighted by Crippen LogP contribution is 2.34. The molecule has 4 heteroatoms. The molecule has 0 spiro atoms. The normalized spacial score (nSPS) is 29.7. The second kappa shape index (κ2) is 3.76. The van der Waals surface area contributed by atoms with Crippen LogP contribution in [0.1, 0.15) is 19.8 Å². The van der Waals surface area contributed by atoms with Crippen molar-refractivity contribution < 1.29 is 9.50 Å². The first-order valence-electron chi connectivity index (χ1n) is 4.93. The van der Waals surface area contributed by atoms with Crippen LogP contribution < -0.4 is 5.32 Å².